The molecule has 0 fully saturated rings. The summed E-state index contributed by atoms with van der Waals surface area (Å²) in [4.78, 5) is 18.6. The summed E-state index contributed by atoms with van der Waals surface area (Å²) < 4.78 is 4.94. The minimum atomic E-state index is -0.0687. The second-order valence-electron chi connectivity index (χ2n) is 5.21. The fourth-order valence-corrected chi connectivity index (χ4v) is 2.34. The first-order valence-corrected chi connectivity index (χ1v) is 7.41. The molecule has 2 aromatic carbocycles. The number of rotatable bonds is 5. The number of benzene rings is 2. The highest BCUT2D eigenvalue weighted by Crippen LogP contribution is 2.18. The summed E-state index contributed by atoms with van der Waals surface area (Å²) in [6.45, 7) is 2.21. The van der Waals surface area contributed by atoms with E-state index in [0.717, 1.165) is 11.3 Å². The number of anilines is 1. The maximum atomic E-state index is 12.7. The van der Waals surface area contributed by atoms with E-state index in [0.29, 0.717) is 18.3 Å². The van der Waals surface area contributed by atoms with E-state index in [1.54, 1.807) is 11.8 Å². The molecule has 0 saturated heterocycles. The van der Waals surface area contributed by atoms with E-state index >= 15 is 0 Å². The van der Waals surface area contributed by atoms with Gasteiger partial charge in [-0.05, 0) is 17.7 Å². The van der Waals surface area contributed by atoms with E-state index in [1.807, 2.05) is 60.7 Å². The molecule has 5 nitrogen and oxygen atoms in total. The van der Waals surface area contributed by atoms with E-state index < -0.39 is 0 Å². The number of hydrogen-bond acceptors (Lipinski definition) is 4. The summed E-state index contributed by atoms with van der Waals surface area (Å²) in [5.74, 6) is 0.796. The Kier molecular flexibility index (Phi) is 4.47. The smallest absolute Gasteiger partial charge is 0.235 e. The van der Waals surface area contributed by atoms with Crippen LogP contribution in [0.25, 0.3) is 0 Å². The molecule has 0 atom stereocenters. The summed E-state index contributed by atoms with van der Waals surface area (Å²) in [7, 11) is 0. The lowest BCUT2D eigenvalue weighted by atomic mass is 10.2. The first kappa shape index (κ1) is 15.0. The Morgan fingerprint density at radius 2 is 1.70 bits per heavy atom. The average Bonchev–Trinajstić information content (AvgIpc) is 2.99. The first-order valence-electron chi connectivity index (χ1n) is 7.41. The van der Waals surface area contributed by atoms with Crippen molar-refractivity contribution in [2.24, 2.45) is 0 Å². The maximum Gasteiger partial charge on any atom is 0.235 e. The largest absolute Gasteiger partial charge is 0.340 e. The summed E-state index contributed by atoms with van der Waals surface area (Å²) in [5.41, 5.74) is 1.91. The molecule has 116 valence electrons. The number of carbonyl (C=O) groups excluding carboxylic acids is 1. The molecule has 0 N–H and O–H groups in total. The van der Waals surface area contributed by atoms with Crippen molar-refractivity contribution < 1.29 is 9.32 Å². The Labute approximate surface area is 134 Å². The molecule has 0 aliphatic rings. The van der Waals surface area contributed by atoms with Gasteiger partial charge >= 0.3 is 0 Å². The molecule has 0 radical (unpaired) electrons. The van der Waals surface area contributed by atoms with E-state index in [9.17, 15) is 4.79 Å². The molecule has 1 aromatic heterocycles. The van der Waals surface area contributed by atoms with Crippen LogP contribution < -0.4 is 4.90 Å². The molecule has 23 heavy (non-hydrogen) atoms. The molecular formula is C18H17N3O2. The van der Waals surface area contributed by atoms with Gasteiger partial charge in [-0.25, -0.2) is 0 Å². The van der Waals surface area contributed by atoms with E-state index in [-0.39, 0.29) is 12.3 Å². The Morgan fingerprint density at radius 1 is 1.04 bits per heavy atom. The van der Waals surface area contributed by atoms with Crippen molar-refractivity contribution in [1.82, 2.24) is 10.1 Å². The third kappa shape index (κ3) is 3.83. The van der Waals surface area contributed by atoms with Gasteiger partial charge in [-0.2, -0.15) is 4.98 Å². The quantitative estimate of drug-likeness (QED) is 0.726. The van der Waals surface area contributed by atoms with Crippen LogP contribution in [0.3, 0.4) is 0 Å². The van der Waals surface area contributed by atoms with Crippen molar-refractivity contribution in [3.05, 3.63) is 77.9 Å². The molecule has 0 bridgehead atoms. The minimum absolute atomic E-state index is 0.0687. The normalized spacial score (nSPS) is 10.5. The minimum Gasteiger partial charge on any atom is -0.340 e. The van der Waals surface area contributed by atoms with Gasteiger partial charge in [0.25, 0.3) is 0 Å². The number of aromatic nitrogens is 2. The van der Waals surface area contributed by atoms with Crippen molar-refractivity contribution in [2.45, 2.75) is 19.9 Å². The second-order valence-corrected chi connectivity index (χ2v) is 5.21. The van der Waals surface area contributed by atoms with Gasteiger partial charge in [0.2, 0.25) is 11.8 Å². The summed E-state index contributed by atoms with van der Waals surface area (Å²) in [5, 5.41) is 3.81. The fourth-order valence-electron chi connectivity index (χ4n) is 2.34. The van der Waals surface area contributed by atoms with E-state index in [2.05, 4.69) is 10.1 Å². The van der Waals surface area contributed by atoms with Crippen LogP contribution >= 0.6 is 0 Å². The predicted octanol–water partition coefficient (Wildman–Crippen LogP) is 3.15. The van der Waals surface area contributed by atoms with Gasteiger partial charge in [-0.1, -0.05) is 53.7 Å². The number of nitrogens with zero attached hydrogens (tertiary/aromatic N) is 3. The lowest BCUT2D eigenvalue weighted by molar-refractivity contribution is -0.118. The zero-order valence-corrected chi connectivity index (χ0v) is 12.8. The molecule has 5 heteroatoms. The van der Waals surface area contributed by atoms with Gasteiger partial charge in [0, 0.05) is 12.6 Å². The van der Waals surface area contributed by atoms with Crippen molar-refractivity contribution in [2.75, 3.05) is 4.90 Å². The zero-order valence-electron chi connectivity index (χ0n) is 12.8. The van der Waals surface area contributed by atoms with Crippen LogP contribution in [0, 0.1) is 6.92 Å². The Bertz CT molecular complexity index is 769. The lowest BCUT2D eigenvalue weighted by Gasteiger charge is -2.22. The molecule has 0 aliphatic heterocycles. The number of para-hydroxylation sites is 1. The van der Waals surface area contributed by atoms with E-state index in [1.165, 1.54) is 0 Å². The van der Waals surface area contributed by atoms with Gasteiger partial charge in [0.1, 0.15) is 0 Å². The highest BCUT2D eigenvalue weighted by molar-refractivity contribution is 5.94. The lowest BCUT2D eigenvalue weighted by Crippen LogP contribution is -2.32. The second kappa shape index (κ2) is 6.87. The van der Waals surface area contributed by atoms with Gasteiger partial charge < -0.3 is 9.42 Å². The molecule has 3 aromatic rings. The topological polar surface area (TPSA) is 59.2 Å². The van der Waals surface area contributed by atoms with Crippen molar-refractivity contribution in [3.8, 4) is 0 Å². The third-order valence-electron chi connectivity index (χ3n) is 3.43. The van der Waals surface area contributed by atoms with Crippen molar-refractivity contribution >= 4 is 11.6 Å². The van der Waals surface area contributed by atoms with Crippen LogP contribution in [-0.2, 0) is 17.8 Å². The third-order valence-corrected chi connectivity index (χ3v) is 3.43. The molecule has 1 amide bonds. The average molecular weight is 307 g/mol. The maximum absolute atomic E-state index is 12.7. The van der Waals surface area contributed by atoms with E-state index in [4.69, 9.17) is 4.52 Å². The van der Waals surface area contributed by atoms with Crippen LogP contribution in [-0.4, -0.2) is 16.0 Å². The molecule has 1 heterocycles. The van der Waals surface area contributed by atoms with Crippen molar-refractivity contribution in [3.63, 3.8) is 0 Å². The Balaban J connectivity index is 1.84. The zero-order chi connectivity index (χ0) is 16.1. The molecule has 0 spiro atoms. The fraction of sp³-hybridized carbons (Fsp3) is 0.167. The highest BCUT2D eigenvalue weighted by atomic mass is 16.5. The number of hydrogen-bond donors (Lipinski definition) is 0. The van der Waals surface area contributed by atoms with Crippen LogP contribution in [0.5, 0.6) is 0 Å². The number of amides is 1. The molecule has 0 unspecified atom stereocenters. The SMILES string of the molecule is Cc1nc(CC(=O)N(Cc2ccccc2)c2ccccc2)no1. The molecular weight excluding hydrogens is 290 g/mol. The summed E-state index contributed by atoms with van der Waals surface area (Å²) in [6.07, 6.45) is 0.110. The van der Waals surface area contributed by atoms with Crippen LogP contribution in [0.1, 0.15) is 17.3 Å². The number of carbonyl (C=O) groups is 1. The van der Waals surface area contributed by atoms with Crippen molar-refractivity contribution in [1.29, 1.82) is 0 Å². The van der Waals surface area contributed by atoms with Crippen LogP contribution in [0.4, 0.5) is 5.69 Å². The van der Waals surface area contributed by atoms with Crippen LogP contribution in [0.15, 0.2) is 65.2 Å². The summed E-state index contributed by atoms with van der Waals surface area (Å²) in [6, 6.07) is 19.5. The van der Waals surface area contributed by atoms with Gasteiger partial charge in [-0.3, -0.25) is 4.79 Å². The highest BCUT2D eigenvalue weighted by Gasteiger charge is 2.19. The Morgan fingerprint density at radius 3 is 2.30 bits per heavy atom. The Hall–Kier alpha value is -2.95. The van der Waals surface area contributed by atoms with Gasteiger partial charge in [0.15, 0.2) is 5.82 Å². The standard InChI is InChI=1S/C18H17N3O2/c1-14-19-17(20-23-14)12-18(22)21(16-10-6-3-7-11-16)13-15-8-4-2-5-9-15/h2-11H,12-13H2,1H3. The molecule has 0 saturated carbocycles. The summed E-state index contributed by atoms with van der Waals surface area (Å²) >= 11 is 0. The molecule has 3 rings (SSSR count). The number of aryl methyl sites for hydroxylation is 1. The first-order chi connectivity index (χ1) is 11.2. The predicted molar refractivity (Wildman–Crippen MR) is 86.8 cm³/mol. The van der Waals surface area contributed by atoms with Gasteiger partial charge in [0.05, 0.1) is 13.0 Å². The van der Waals surface area contributed by atoms with Crippen LogP contribution in [0.2, 0.25) is 0 Å². The monoisotopic (exact) mass is 307 g/mol. The van der Waals surface area contributed by atoms with Gasteiger partial charge in [-0.15, -0.1) is 0 Å². The molecule has 0 aliphatic carbocycles.